The van der Waals surface area contributed by atoms with Crippen molar-refractivity contribution in [3.8, 4) is 5.75 Å². The van der Waals surface area contributed by atoms with E-state index in [4.69, 9.17) is 4.74 Å². The van der Waals surface area contributed by atoms with E-state index in [1.807, 2.05) is 19.1 Å². The van der Waals surface area contributed by atoms with E-state index in [1.165, 1.54) is 0 Å². The molecule has 0 atom stereocenters. The molecule has 1 radical (unpaired) electrons. The van der Waals surface area contributed by atoms with Crippen LogP contribution in [-0.2, 0) is 0 Å². The summed E-state index contributed by atoms with van der Waals surface area (Å²) in [6, 6.07) is 3.84. The zero-order chi connectivity index (χ0) is 8.10. The van der Waals surface area contributed by atoms with Gasteiger partial charge in [0.05, 0.1) is 12.8 Å². The highest BCUT2D eigenvalue weighted by Gasteiger charge is 1.90. The monoisotopic (exact) mass is 150 g/mol. The molecule has 0 aliphatic carbocycles. The minimum atomic E-state index is 0.657. The van der Waals surface area contributed by atoms with Gasteiger partial charge in [0.2, 0.25) is 0 Å². The minimum absolute atomic E-state index is 0.657. The lowest BCUT2D eigenvalue weighted by molar-refractivity contribution is 0.323. The molecule has 0 saturated heterocycles. The Kier molecular flexibility index (Phi) is 2.90. The van der Waals surface area contributed by atoms with Gasteiger partial charge in [0, 0.05) is 5.69 Å². The summed E-state index contributed by atoms with van der Waals surface area (Å²) in [4.78, 5) is 4.09. The molecule has 0 N–H and O–H groups in total. The van der Waals surface area contributed by atoms with Crippen LogP contribution in [0.2, 0.25) is 0 Å². The van der Waals surface area contributed by atoms with Gasteiger partial charge in [0.1, 0.15) is 5.75 Å². The second-order valence-corrected chi connectivity index (χ2v) is 2.34. The molecule has 0 aromatic carbocycles. The number of aromatic nitrogens is 1. The highest BCUT2D eigenvalue weighted by Crippen LogP contribution is 2.08. The first-order valence-electron chi connectivity index (χ1n) is 3.67. The highest BCUT2D eigenvalue weighted by atomic mass is 16.5. The fourth-order valence-corrected chi connectivity index (χ4v) is 0.730. The average molecular weight is 150 g/mol. The Morgan fingerprint density at radius 3 is 2.91 bits per heavy atom. The first kappa shape index (κ1) is 8.05. The Morgan fingerprint density at radius 2 is 2.36 bits per heavy atom. The third kappa shape index (κ3) is 2.58. The normalized spacial score (nSPS) is 9.64. The van der Waals surface area contributed by atoms with Gasteiger partial charge in [-0.05, 0) is 32.4 Å². The van der Waals surface area contributed by atoms with Gasteiger partial charge in [-0.1, -0.05) is 0 Å². The summed E-state index contributed by atoms with van der Waals surface area (Å²) in [6.45, 7) is 6.28. The lowest BCUT2D eigenvalue weighted by Gasteiger charge is -2.02. The van der Waals surface area contributed by atoms with E-state index < -0.39 is 0 Å². The van der Waals surface area contributed by atoms with Gasteiger partial charge >= 0.3 is 0 Å². The average Bonchev–Trinajstić information content (AvgIpc) is 2.04. The molecule has 0 fully saturated rings. The van der Waals surface area contributed by atoms with E-state index in [0.717, 1.165) is 17.9 Å². The highest BCUT2D eigenvalue weighted by molar-refractivity contribution is 5.18. The minimum Gasteiger partial charge on any atom is -0.492 e. The third-order valence-corrected chi connectivity index (χ3v) is 1.30. The molecular weight excluding hydrogens is 138 g/mol. The maximum atomic E-state index is 5.29. The van der Waals surface area contributed by atoms with Crippen LogP contribution < -0.4 is 4.74 Å². The number of nitrogens with zero attached hydrogens (tertiary/aromatic N) is 1. The van der Waals surface area contributed by atoms with E-state index >= 15 is 0 Å². The molecule has 1 heterocycles. The van der Waals surface area contributed by atoms with Crippen molar-refractivity contribution in [1.29, 1.82) is 0 Å². The van der Waals surface area contributed by atoms with Crippen LogP contribution in [0, 0.1) is 13.8 Å². The summed E-state index contributed by atoms with van der Waals surface area (Å²) < 4.78 is 5.29. The van der Waals surface area contributed by atoms with E-state index in [2.05, 4.69) is 11.9 Å². The molecule has 0 unspecified atom stereocenters. The predicted octanol–water partition coefficient (Wildman–Crippen LogP) is 1.99. The van der Waals surface area contributed by atoms with Crippen molar-refractivity contribution in [2.24, 2.45) is 0 Å². The molecule has 11 heavy (non-hydrogen) atoms. The number of ether oxygens (including phenoxy) is 1. The molecule has 0 spiro atoms. The molecule has 1 rings (SSSR count). The molecule has 2 heteroatoms. The van der Waals surface area contributed by atoms with E-state index in [0.29, 0.717) is 6.61 Å². The number of hydrogen-bond acceptors (Lipinski definition) is 2. The van der Waals surface area contributed by atoms with Gasteiger partial charge < -0.3 is 4.74 Å². The second kappa shape index (κ2) is 3.96. The Balaban J connectivity index is 2.52. The molecule has 0 aliphatic heterocycles. The van der Waals surface area contributed by atoms with Gasteiger partial charge in [0.25, 0.3) is 0 Å². The summed E-state index contributed by atoms with van der Waals surface area (Å²) in [5.41, 5.74) is 1.01. The quantitative estimate of drug-likeness (QED) is 0.657. The Labute approximate surface area is 67.2 Å². The fourth-order valence-electron chi connectivity index (χ4n) is 0.730. The number of aryl methyl sites for hydroxylation is 1. The summed E-state index contributed by atoms with van der Waals surface area (Å²) >= 11 is 0. The van der Waals surface area contributed by atoms with Crippen LogP contribution in [0.3, 0.4) is 0 Å². The lowest BCUT2D eigenvalue weighted by Crippen LogP contribution is -1.95. The smallest absolute Gasteiger partial charge is 0.137 e. The number of rotatable bonds is 3. The SMILES string of the molecule is [CH2]CCOc1ccc(C)nc1. The molecule has 1 aromatic heterocycles. The first-order chi connectivity index (χ1) is 5.33. The topological polar surface area (TPSA) is 22.1 Å². The van der Waals surface area contributed by atoms with E-state index in [-0.39, 0.29) is 0 Å². The molecule has 1 aromatic rings. The summed E-state index contributed by atoms with van der Waals surface area (Å²) in [5.74, 6) is 0.819. The lowest BCUT2D eigenvalue weighted by atomic mass is 10.4. The van der Waals surface area contributed by atoms with Gasteiger partial charge in [-0.3, -0.25) is 4.98 Å². The first-order valence-corrected chi connectivity index (χ1v) is 3.67. The van der Waals surface area contributed by atoms with Crippen LogP contribution in [-0.4, -0.2) is 11.6 Å². The Bertz CT molecular complexity index is 205. The van der Waals surface area contributed by atoms with Gasteiger partial charge in [-0.25, -0.2) is 0 Å². The second-order valence-electron chi connectivity index (χ2n) is 2.34. The van der Waals surface area contributed by atoms with E-state index in [1.54, 1.807) is 6.20 Å². The predicted molar refractivity (Wildman–Crippen MR) is 44.4 cm³/mol. The maximum Gasteiger partial charge on any atom is 0.137 e. The molecule has 0 saturated carbocycles. The Morgan fingerprint density at radius 1 is 1.55 bits per heavy atom. The van der Waals surface area contributed by atoms with Crippen LogP contribution in [0.1, 0.15) is 12.1 Å². The van der Waals surface area contributed by atoms with Crippen LogP contribution in [0.15, 0.2) is 18.3 Å². The van der Waals surface area contributed by atoms with Crippen molar-refractivity contribution in [3.63, 3.8) is 0 Å². The zero-order valence-corrected chi connectivity index (χ0v) is 6.71. The van der Waals surface area contributed by atoms with Gasteiger partial charge in [-0.2, -0.15) is 0 Å². The number of hydrogen-bond donors (Lipinski definition) is 0. The van der Waals surface area contributed by atoms with Crippen LogP contribution in [0.25, 0.3) is 0 Å². The van der Waals surface area contributed by atoms with Crippen molar-refractivity contribution >= 4 is 0 Å². The van der Waals surface area contributed by atoms with E-state index in [9.17, 15) is 0 Å². The van der Waals surface area contributed by atoms with Crippen molar-refractivity contribution in [1.82, 2.24) is 4.98 Å². The van der Waals surface area contributed by atoms with Crippen LogP contribution in [0.4, 0.5) is 0 Å². The zero-order valence-electron chi connectivity index (χ0n) is 6.71. The Hall–Kier alpha value is -1.05. The summed E-state index contributed by atoms with van der Waals surface area (Å²) in [5, 5.41) is 0. The van der Waals surface area contributed by atoms with Crippen molar-refractivity contribution < 1.29 is 4.74 Å². The van der Waals surface area contributed by atoms with Crippen LogP contribution >= 0.6 is 0 Å². The summed E-state index contributed by atoms with van der Waals surface area (Å²) in [7, 11) is 0. The van der Waals surface area contributed by atoms with Crippen LogP contribution in [0.5, 0.6) is 5.75 Å². The molecule has 2 nitrogen and oxygen atoms in total. The fraction of sp³-hybridized carbons (Fsp3) is 0.333. The summed E-state index contributed by atoms with van der Waals surface area (Å²) in [6.07, 6.45) is 2.51. The van der Waals surface area contributed by atoms with Crippen molar-refractivity contribution in [2.75, 3.05) is 6.61 Å². The standard InChI is InChI=1S/C9H12NO/c1-3-6-11-9-5-4-8(2)10-7-9/h4-5,7H,1,3,6H2,2H3. The van der Waals surface area contributed by atoms with Crippen molar-refractivity contribution in [2.45, 2.75) is 13.3 Å². The maximum absolute atomic E-state index is 5.29. The molecule has 0 aliphatic rings. The third-order valence-electron chi connectivity index (χ3n) is 1.30. The molecular formula is C9H12NO. The van der Waals surface area contributed by atoms with Crippen molar-refractivity contribution in [3.05, 3.63) is 30.9 Å². The number of pyridine rings is 1. The van der Waals surface area contributed by atoms with Gasteiger partial charge in [0.15, 0.2) is 0 Å². The largest absolute Gasteiger partial charge is 0.492 e. The molecule has 0 bridgehead atoms. The molecule has 0 amide bonds. The van der Waals surface area contributed by atoms with Gasteiger partial charge in [-0.15, -0.1) is 0 Å². The molecule has 59 valence electrons.